The van der Waals surface area contributed by atoms with Crippen molar-refractivity contribution in [1.82, 2.24) is 4.90 Å². The third-order valence-corrected chi connectivity index (χ3v) is 4.17. The summed E-state index contributed by atoms with van der Waals surface area (Å²) in [5, 5.41) is 9.65. The van der Waals surface area contributed by atoms with Crippen LogP contribution in [0.5, 0.6) is 0 Å². The van der Waals surface area contributed by atoms with Gasteiger partial charge in [0.2, 0.25) is 0 Å². The summed E-state index contributed by atoms with van der Waals surface area (Å²) in [5.74, 6) is 0.268. The van der Waals surface area contributed by atoms with Crippen LogP contribution >= 0.6 is 0 Å². The maximum atomic E-state index is 12.3. The Kier molecular flexibility index (Phi) is 2.85. The molecule has 0 aromatic rings. The number of methoxy groups -OCH3 is 1. The van der Waals surface area contributed by atoms with E-state index in [-0.39, 0.29) is 23.8 Å². The van der Waals surface area contributed by atoms with Gasteiger partial charge in [0.05, 0.1) is 13.2 Å². The second-order valence-electron chi connectivity index (χ2n) is 5.64. The minimum atomic E-state index is -0.792. The van der Waals surface area contributed by atoms with Gasteiger partial charge >= 0.3 is 0 Å². The fraction of sp³-hybridized carbons (Fsp3) is 0.917. The van der Waals surface area contributed by atoms with Gasteiger partial charge in [-0.1, -0.05) is 0 Å². The predicted molar refractivity (Wildman–Crippen MR) is 60.2 cm³/mol. The number of fused-ring (bicyclic) bond motifs is 3. The molecule has 3 unspecified atom stereocenters. The summed E-state index contributed by atoms with van der Waals surface area (Å²) in [6.45, 7) is 5.33. The molecule has 3 aliphatic heterocycles. The highest BCUT2D eigenvalue weighted by atomic mass is 16.5. The lowest BCUT2D eigenvalue weighted by atomic mass is 9.66. The van der Waals surface area contributed by atoms with Crippen LogP contribution in [0.1, 0.15) is 26.7 Å². The fourth-order valence-electron chi connectivity index (χ4n) is 3.53. The van der Waals surface area contributed by atoms with E-state index in [1.165, 1.54) is 0 Å². The van der Waals surface area contributed by atoms with Gasteiger partial charge in [0, 0.05) is 25.1 Å². The van der Waals surface area contributed by atoms with Crippen molar-refractivity contribution in [2.75, 3.05) is 26.9 Å². The highest BCUT2D eigenvalue weighted by Gasteiger charge is 2.59. The summed E-state index contributed by atoms with van der Waals surface area (Å²) < 4.78 is 5.17. The summed E-state index contributed by atoms with van der Waals surface area (Å²) in [5.41, 5.74) is -0.808. The molecule has 0 aromatic carbocycles. The van der Waals surface area contributed by atoms with E-state index < -0.39 is 5.54 Å². The van der Waals surface area contributed by atoms with Gasteiger partial charge in [0.15, 0.2) is 5.78 Å². The topological polar surface area (TPSA) is 49.8 Å². The van der Waals surface area contributed by atoms with Gasteiger partial charge < -0.3 is 9.84 Å². The third kappa shape index (κ3) is 1.44. The minimum absolute atomic E-state index is 0.0158. The Hall–Kier alpha value is -0.450. The van der Waals surface area contributed by atoms with Crippen molar-refractivity contribution in [3.05, 3.63) is 0 Å². The van der Waals surface area contributed by atoms with Crippen molar-refractivity contribution < 1.29 is 14.6 Å². The van der Waals surface area contributed by atoms with Crippen LogP contribution in [0.2, 0.25) is 0 Å². The van der Waals surface area contributed by atoms with Crippen LogP contribution in [0.15, 0.2) is 0 Å². The van der Waals surface area contributed by atoms with Crippen LogP contribution in [-0.4, -0.2) is 53.7 Å². The molecule has 0 spiro atoms. The Labute approximate surface area is 96.6 Å². The molecule has 2 bridgehead atoms. The molecule has 4 heteroatoms. The number of hydrogen-bond acceptors (Lipinski definition) is 4. The SMILES string of the molecule is COCC1(CO)C(=O)C2CCN1C(C)(C)C2. The van der Waals surface area contributed by atoms with E-state index in [1.807, 2.05) is 0 Å². The molecule has 3 fully saturated rings. The first-order valence-corrected chi connectivity index (χ1v) is 5.90. The van der Waals surface area contributed by atoms with E-state index in [0.29, 0.717) is 6.61 Å². The number of ether oxygens (including phenoxy) is 1. The Morgan fingerprint density at radius 1 is 1.56 bits per heavy atom. The Morgan fingerprint density at radius 2 is 2.25 bits per heavy atom. The number of aliphatic hydroxyl groups excluding tert-OH is 1. The van der Waals surface area contributed by atoms with E-state index in [4.69, 9.17) is 4.74 Å². The number of rotatable bonds is 3. The lowest BCUT2D eigenvalue weighted by molar-refractivity contribution is -0.176. The highest BCUT2D eigenvalue weighted by Crippen LogP contribution is 2.45. The standard InChI is InChI=1S/C12H21NO3/c1-11(2)6-9-4-5-13(11)12(7-14,8-16-3)10(9)15/h9,14H,4-8H2,1-3H3. The first kappa shape index (κ1) is 12.0. The van der Waals surface area contributed by atoms with Crippen LogP contribution in [-0.2, 0) is 9.53 Å². The number of carbonyl (C=O) groups excluding carboxylic acids is 1. The molecule has 0 radical (unpaired) electrons. The van der Waals surface area contributed by atoms with E-state index in [9.17, 15) is 9.90 Å². The summed E-state index contributed by atoms with van der Waals surface area (Å²) in [6, 6.07) is 0. The molecule has 16 heavy (non-hydrogen) atoms. The fourth-order valence-corrected chi connectivity index (χ4v) is 3.53. The van der Waals surface area contributed by atoms with E-state index in [0.717, 1.165) is 19.4 Å². The zero-order chi connectivity index (χ0) is 12.0. The number of ketones is 1. The quantitative estimate of drug-likeness (QED) is 0.760. The molecular formula is C12H21NO3. The average Bonchev–Trinajstić information content (AvgIpc) is 2.23. The minimum Gasteiger partial charge on any atom is -0.394 e. The van der Waals surface area contributed by atoms with Crippen molar-refractivity contribution in [3.63, 3.8) is 0 Å². The zero-order valence-corrected chi connectivity index (χ0v) is 10.3. The van der Waals surface area contributed by atoms with Gasteiger partial charge in [-0.15, -0.1) is 0 Å². The summed E-state index contributed by atoms with van der Waals surface area (Å²) in [4.78, 5) is 14.5. The predicted octanol–water partition coefficient (Wildman–Crippen LogP) is 0.437. The Morgan fingerprint density at radius 3 is 2.75 bits per heavy atom. The third-order valence-electron chi connectivity index (χ3n) is 4.17. The molecule has 1 N–H and O–H groups in total. The van der Waals surface area contributed by atoms with Crippen LogP contribution in [0.25, 0.3) is 0 Å². The summed E-state index contributed by atoms with van der Waals surface area (Å²) in [7, 11) is 1.58. The number of aliphatic hydroxyl groups is 1. The molecule has 3 aliphatic rings. The zero-order valence-electron chi connectivity index (χ0n) is 10.3. The van der Waals surface area contributed by atoms with Crippen molar-refractivity contribution in [1.29, 1.82) is 0 Å². The Balaban J connectivity index is 2.39. The highest BCUT2D eigenvalue weighted by molar-refractivity contribution is 5.92. The van der Waals surface area contributed by atoms with Crippen molar-refractivity contribution >= 4 is 5.78 Å². The number of piperidine rings is 3. The van der Waals surface area contributed by atoms with Gasteiger partial charge in [-0.2, -0.15) is 0 Å². The molecule has 4 nitrogen and oxygen atoms in total. The molecular weight excluding hydrogens is 206 g/mol. The van der Waals surface area contributed by atoms with Crippen molar-refractivity contribution in [2.45, 2.75) is 37.8 Å². The maximum Gasteiger partial charge on any atom is 0.161 e. The largest absolute Gasteiger partial charge is 0.394 e. The molecule has 3 heterocycles. The maximum absolute atomic E-state index is 12.3. The Bertz CT molecular complexity index is 303. The van der Waals surface area contributed by atoms with Gasteiger partial charge in [-0.25, -0.2) is 0 Å². The van der Waals surface area contributed by atoms with Gasteiger partial charge in [0.25, 0.3) is 0 Å². The first-order valence-electron chi connectivity index (χ1n) is 5.90. The second-order valence-corrected chi connectivity index (χ2v) is 5.64. The lowest BCUT2D eigenvalue weighted by Crippen LogP contribution is -2.75. The van der Waals surface area contributed by atoms with Crippen LogP contribution in [0.3, 0.4) is 0 Å². The number of carbonyl (C=O) groups is 1. The van der Waals surface area contributed by atoms with Crippen LogP contribution in [0.4, 0.5) is 0 Å². The number of nitrogens with zero attached hydrogens (tertiary/aromatic N) is 1. The van der Waals surface area contributed by atoms with E-state index in [2.05, 4.69) is 18.7 Å². The smallest absolute Gasteiger partial charge is 0.161 e. The molecule has 0 aromatic heterocycles. The monoisotopic (exact) mass is 227 g/mol. The van der Waals surface area contributed by atoms with E-state index >= 15 is 0 Å². The molecule has 92 valence electrons. The lowest BCUT2D eigenvalue weighted by Gasteiger charge is -2.59. The molecule has 0 amide bonds. The number of Topliss-reactive ketones (excluding diaryl/α,β-unsaturated/α-hetero) is 1. The van der Waals surface area contributed by atoms with Crippen molar-refractivity contribution in [3.8, 4) is 0 Å². The summed E-state index contributed by atoms with van der Waals surface area (Å²) in [6.07, 6.45) is 1.82. The molecule has 0 saturated carbocycles. The second kappa shape index (κ2) is 3.79. The van der Waals surface area contributed by atoms with Gasteiger partial charge in [-0.05, 0) is 26.7 Å². The van der Waals surface area contributed by atoms with E-state index in [1.54, 1.807) is 7.11 Å². The number of hydrogen-bond donors (Lipinski definition) is 1. The average molecular weight is 227 g/mol. The van der Waals surface area contributed by atoms with Crippen LogP contribution in [0, 0.1) is 5.92 Å². The molecule has 3 rings (SSSR count). The molecule has 3 saturated heterocycles. The van der Waals surface area contributed by atoms with Gasteiger partial charge in [0.1, 0.15) is 5.54 Å². The normalized spacial score (nSPS) is 41.4. The summed E-state index contributed by atoms with van der Waals surface area (Å²) >= 11 is 0. The van der Waals surface area contributed by atoms with Crippen molar-refractivity contribution in [2.24, 2.45) is 5.92 Å². The molecule has 0 aliphatic carbocycles. The van der Waals surface area contributed by atoms with Crippen LogP contribution < -0.4 is 0 Å². The first-order chi connectivity index (χ1) is 7.48. The van der Waals surface area contributed by atoms with Gasteiger partial charge in [-0.3, -0.25) is 9.69 Å². The molecule has 3 atom stereocenters.